The summed E-state index contributed by atoms with van der Waals surface area (Å²) in [7, 11) is 0. The topological polar surface area (TPSA) is 33.3 Å². The van der Waals surface area contributed by atoms with E-state index in [1.807, 2.05) is 19.1 Å². The minimum atomic E-state index is 0.472. The molecule has 1 unspecified atom stereocenters. The van der Waals surface area contributed by atoms with Crippen molar-refractivity contribution in [2.24, 2.45) is 0 Å². The van der Waals surface area contributed by atoms with E-state index >= 15 is 0 Å². The second-order valence-electron chi connectivity index (χ2n) is 3.54. The first kappa shape index (κ1) is 9.19. The number of para-hydroxylation sites is 1. The smallest absolute Gasteiger partial charge is 0.144 e. The summed E-state index contributed by atoms with van der Waals surface area (Å²) in [6, 6.07) is 6.55. The molecule has 2 rings (SSSR count). The molecule has 1 heterocycles. The zero-order valence-electron chi connectivity index (χ0n) is 8.63. The summed E-state index contributed by atoms with van der Waals surface area (Å²) >= 11 is 0. The normalized spacial score (nSPS) is 19.1. The molecule has 76 valence electrons. The van der Waals surface area contributed by atoms with E-state index in [0.717, 1.165) is 23.7 Å². The van der Waals surface area contributed by atoms with Crippen molar-refractivity contribution in [2.75, 3.05) is 23.8 Å². The zero-order valence-corrected chi connectivity index (χ0v) is 8.63. The lowest BCUT2D eigenvalue weighted by Gasteiger charge is -2.27. The Bertz CT molecular complexity index is 311. The fourth-order valence-electron chi connectivity index (χ4n) is 1.68. The highest BCUT2D eigenvalue weighted by Gasteiger charge is 2.16. The third-order valence-electron chi connectivity index (χ3n) is 2.31. The molecule has 0 fully saturated rings. The van der Waals surface area contributed by atoms with Crippen molar-refractivity contribution in [2.45, 2.75) is 19.9 Å². The number of anilines is 2. The highest BCUT2D eigenvalue weighted by Crippen LogP contribution is 2.35. The lowest BCUT2D eigenvalue weighted by molar-refractivity contribution is 0.341. The van der Waals surface area contributed by atoms with Crippen LogP contribution in [0.4, 0.5) is 11.4 Å². The molecule has 0 saturated carbocycles. The van der Waals surface area contributed by atoms with Crippen molar-refractivity contribution in [1.82, 2.24) is 0 Å². The zero-order chi connectivity index (χ0) is 9.97. The molecule has 2 N–H and O–H groups in total. The van der Waals surface area contributed by atoms with E-state index in [1.165, 1.54) is 0 Å². The van der Waals surface area contributed by atoms with E-state index in [2.05, 4.69) is 23.6 Å². The van der Waals surface area contributed by atoms with Crippen molar-refractivity contribution in [3.63, 3.8) is 0 Å². The minimum Gasteiger partial charge on any atom is -0.492 e. The highest BCUT2D eigenvalue weighted by molar-refractivity contribution is 5.77. The van der Waals surface area contributed by atoms with Crippen LogP contribution in [0.5, 0.6) is 5.75 Å². The van der Waals surface area contributed by atoms with Crippen LogP contribution in [-0.4, -0.2) is 19.2 Å². The number of hydrogen-bond acceptors (Lipinski definition) is 3. The van der Waals surface area contributed by atoms with E-state index < -0.39 is 0 Å². The number of hydrogen-bond donors (Lipinski definition) is 2. The average Bonchev–Trinajstić information content (AvgIpc) is 2.18. The van der Waals surface area contributed by atoms with Gasteiger partial charge in [-0.3, -0.25) is 0 Å². The second kappa shape index (κ2) is 3.78. The maximum Gasteiger partial charge on any atom is 0.144 e. The Kier molecular flexibility index (Phi) is 2.48. The average molecular weight is 192 g/mol. The van der Waals surface area contributed by atoms with Gasteiger partial charge in [-0.1, -0.05) is 6.07 Å². The third-order valence-corrected chi connectivity index (χ3v) is 2.31. The predicted molar refractivity (Wildman–Crippen MR) is 59.2 cm³/mol. The van der Waals surface area contributed by atoms with Gasteiger partial charge in [0, 0.05) is 12.6 Å². The molecule has 1 aliphatic heterocycles. The van der Waals surface area contributed by atoms with Gasteiger partial charge in [-0.25, -0.2) is 0 Å². The van der Waals surface area contributed by atoms with Crippen molar-refractivity contribution in [3.05, 3.63) is 18.2 Å². The standard InChI is InChI=1S/C11H16N2O/c1-3-14-10-6-4-5-9-11(10)12-7-8(2)13-9/h4-6,8,12-13H,3,7H2,1-2H3. The fourth-order valence-corrected chi connectivity index (χ4v) is 1.68. The molecule has 14 heavy (non-hydrogen) atoms. The van der Waals surface area contributed by atoms with Crippen LogP contribution in [0.25, 0.3) is 0 Å². The van der Waals surface area contributed by atoms with Gasteiger partial charge in [-0.2, -0.15) is 0 Å². The molecule has 1 aromatic rings. The SMILES string of the molecule is CCOc1cccc2c1NCC(C)N2. The van der Waals surface area contributed by atoms with E-state index in [1.54, 1.807) is 0 Å². The molecule has 0 aliphatic carbocycles. The quantitative estimate of drug-likeness (QED) is 0.754. The largest absolute Gasteiger partial charge is 0.492 e. The Balaban J connectivity index is 2.31. The number of ether oxygens (including phenoxy) is 1. The highest BCUT2D eigenvalue weighted by atomic mass is 16.5. The monoisotopic (exact) mass is 192 g/mol. The lowest BCUT2D eigenvalue weighted by atomic mass is 10.1. The Morgan fingerprint density at radius 2 is 2.36 bits per heavy atom. The van der Waals surface area contributed by atoms with Crippen molar-refractivity contribution in [3.8, 4) is 5.75 Å². The Morgan fingerprint density at radius 1 is 1.50 bits per heavy atom. The minimum absolute atomic E-state index is 0.472. The lowest BCUT2D eigenvalue weighted by Crippen LogP contribution is -2.30. The number of fused-ring (bicyclic) bond motifs is 1. The van der Waals surface area contributed by atoms with Gasteiger partial charge in [0.25, 0.3) is 0 Å². The van der Waals surface area contributed by atoms with Gasteiger partial charge >= 0.3 is 0 Å². The van der Waals surface area contributed by atoms with Crippen LogP contribution in [0, 0.1) is 0 Å². The third kappa shape index (κ3) is 1.62. The van der Waals surface area contributed by atoms with Crippen molar-refractivity contribution in [1.29, 1.82) is 0 Å². The predicted octanol–water partition coefficient (Wildman–Crippen LogP) is 2.31. The molecule has 1 aromatic carbocycles. The molecule has 0 spiro atoms. The van der Waals surface area contributed by atoms with Crippen molar-refractivity contribution < 1.29 is 4.74 Å². The van der Waals surface area contributed by atoms with Gasteiger partial charge in [0.15, 0.2) is 0 Å². The Morgan fingerprint density at radius 3 is 3.14 bits per heavy atom. The summed E-state index contributed by atoms with van der Waals surface area (Å²) in [6.45, 7) is 5.80. The number of benzene rings is 1. The van der Waals surface area contributed by atoms with Gasteiger partial charge in [0.1, 0.15) is 11.4 Å². The molecule has 0 bridgehead atoms. The first-order valence-electron chi connectivity index (χ1n) is 5.07. The molecule has 0 amide bonds. The van der Waals surface area contributed by atoms with Gasteiger partial charge in [0.2, 0.25) is 0 Å². The molecule has 3 heteroatoms. The van der Waals surface area contributed by atoms with Crippen LogP contribution in [0.15, 0.2) is 18.2 Å². The molecule has 1 atom stereocenters. The fraction of sp³-hybridized carbons (Fsp3) is 0.455. The van der Waals surface area contributed by atoms with Crippen LogP contribution in [0.1, 0.15) is 13.8 Å². The maximum absolute atomic E-state index is 5.54. The van der Waals surface area contributed by atoms with Crippen LogP contribution in [0.2, 0.25) is 0 Å². The van der Waals surface area contributed by atoms with E-state index in [0.29, 0.717) is 12.6 Å². The van der Waals surface area contributed by atoms with Crippen LogP contribution < -0.4 is 15.4 Å². The molecule has 0 radical (unpaired) electrons. The van der Waals surface area contributed by atoms with E-state index in [-0.39, 0.29) is 0 Å². The van der Waals surface area contributed by atoms with Crippen LogP contribution >= 0.6 is 0 Å². The molecule has 0 aromatic heterocycles. The summed E-state index contributed by atoms with van der Waals surface area (Å²) in [4.78, 5) is 0. The molecule has 3 nitrogen and oxygen atoms in total. The van der Waals surface area contributed by atoms with E-state index in [4.69, 9.17) is 4.74 Å². The molecule has 1 aliphatic rings. The van der Waals surface area contributed by atoms with Crippen LogP contribution in [-0.2, 0) is 0 Å². The number of nitrogens with one attached hydrogen (secondary N) is 2. The molecular weight excluding hydrogens is 176 g/mol. The number of rotatable bonds is 2. The first-order valence-corrected chi connectivity index (χ1v) is 5.07. The summed E-state index contributed by atoms with van der Waals surface area (Å²) in [5.41, 5.74) is 2.22. The first-order chi connectivity index (χ1) is 6.81. The van der Waals surface area contributed by atoms with E-state index in [9.17, 15) is 0 Å². The van der Waals surface area contributed by atoms with Gasteiger partial charge in [-0.15, -0.1) is 0 Å². The van der Waals surface area contributed by atoms with Gasteiger partial charge in [0.05, 0.1) is 12.3 Å². The molecule has 0 saturated heterocycles. The van der Waals surface area contributed by atoms with Gasteiger partial charge < -0.3 is 15.4 Å². The van der Waals surface area contributed by atoms with Gasteiger partial charge in [-0.05, 0) is 26.0 Å². The summed E-state index contributed by atoms with van der Waals surface area (Å²) < 4.78 is 5.54. The Labute approximate surface area is 84.5 Å². The summed E-state index contributed by atoms with van der Waals surface area (Å²) in [5.74, 6) is 0.935. The van der Waals surface area contributed by atoms with Crippen LogP contribution in [0.3, 0.4) is 0 Å². The summed E-state index contributed by atoms with van der Waals surface area (Å²) in [6.07, 6.45) is 0. The van der Waals surface area contributed by atoms with Crippen molar-refractivity contribution >= 4 is 11.4 Å². The second-order valence-corrected chi connectivity index (χ2v) is 3.54. The molecular formula is C11H16N2O. The summed E-state index contributed by atoms with van der Waals surface area (Å²) in [5, 5.41) is 6.79. The Hall–Kier alpha value is -1.38. The maximum atomic E-state index is 5.54.